The van der Waals surface area contributed by atoms with Crippen LogP contribution in [0.2, 0.25) is 0 Å². The van der Waals surface area contributed by atoms with E-state index in [4.69, 9.17) is 15.2 Å². The Bertz CT molecular complexity index is 1130. The van der Waals surface area contributed by atoms with E-state index in [0.29, 0.717) is 11.1 Å². The third-order valence-corrected chi connectivity index (χ3v) is 5.41. The van der Waals surface area contributed by atoms with Crippen LogP contribution in [0, 0.1) is 5.82 Å². The maximum atomic E-state index is 15.3. The van der Waals surface area contributed by atoms with Crippen LogP contribution in [0.1, 0.15) is 23.3 Å². The van der Waals surface area contributed by atoms with Crippen molar-refractivity contribution in [3.8, 4) is 5.75 Å². The van der Waals surface area contributed by atoms with E-state index in [1.54, 1.807) is 16.4 Å². The van der Waals surface area contributed by atoms with Crippen LogP contribution >= 0.6 is 0 Å². The summed E-state index contributed by atoms with van der Waals surface area (Å²) in [5.74, 6) is -2.53. The van der Waals surface area contributed by atoms with Crippen LogP contribution < -0.4 is 20.8 Å². The molecule has 0 saturated carbocycles. The Morgan fingerprint density at radius 2 is 2.20 bits per heavy atom. The van der Waals surface area contributed by atoms with Crippen molar-refractivity contribution >= 4 is 22.6 Å². The van der Waals surface area contributed by atoms with E-state index in [2.05, 4.69) is 0 Å². The van der Waals surface area contributed by atoms with Crippen molar-refractivity contribution in [3.05, 3.63) is 45.3 Å². The minimum Gasteiger partial charge on any atom is -0.487 e. The number of carbonyl (C=O) groups is 1. The molecular weight excluding hydrogens is 400 g/mol. The summed E-state index contributed by atoms with van der Waals surface area (Å²) >= 11 is 0. The van der Waals surface area contributed by atoms with Crippen molar-refractivity contribution in [3.63, 3.8) is 0 Å². The third-order valence-electron chi connectivity index (χ3n) is 5.41. The Labute approximate surface area is 170 Å². The van der Waals surface area contributed by atoms with Gasteiger partial charge in [0.05, 0.1) is 30.2 Å². The van der Waals surface area contributed by atoms with Gasteiger partial charge in [-0.25, -0.2) is 13.6 Å². The highest BCUT2D eigenvalue weighted by molar-refractivity contribution is 5.97. The molecule has 0 spiro atoms. The number of carboxylic acids is 1. The fourth-order valence-corrected chi connectivity index (χ4v) is 3.88. The van der Waals surface area contributed by atoms with Gasteiger partial charge in [0.15, 0.2) is 11.6 Å². The molecule has 2 aliphatic rings. The lowest BCUT2D eigenvalue weighted by Crippen LogP contribution is -2.32. The van der Waals surface area contributed by atoms with Crippen molar-refractivity contribution in [1.29, 1.82) is 0 Å². The number of aromatic nitrogens is 1. The molecule has 2 aliphatic heterocycles. The quantitative estimate of drug-likeness (QED) is 0.778. The lowest BCUT2D eigenvalue weighted by Gasteiger charge is -2.32. The monoisotopic (exact) mass is 421 g/mol. The van der Waals surface area contributed by atoms with Crippen molar-refractivity contribution in [1.82, 2.24) is 4.57 Å². The zero-order valence-electron chi connectivity index (χ0n) is 16.3. The molecule has 0 aliphatic carbocycles. The Morgan fingerprint density at radius 3 is 2.90 bits per heavy atom. The van der Waals surface area contributed by atoms with Gasteiger partial charge >= 0.3 is 5.97 Å². The zero-order chi connectivity index (χ0) is 21.6. The average molecular weight is 421 g/mol. The molecule has 1 saturated heterocycles. The van der Waals surface area contributed by atoms with Gasteiger partial charge in [0.25, 0.3) is 0 Å². The van der Waals surface area contributed by atoms with Gasteiger partial charge in [-0.05, 0) is 13.0 Å². The van der Waals surface area contributed by atoms with Crippen molar-refractivity contribution in [2.45, 2.75) is 13.0 Å². The van der Waals surface area contributed by atoms with Crippen LogP contribution in [0.25, 0.3) is 10.9 Å². The molecular formula is C20H21F2N3O5. The largest absolute Gasteiger partial charge is 0.487 e. The van der Waals surface area contributed by atoms with Crippen LogP contribution in [0.4, 0.5) is 14.5 Å². The number of anilines is 1. The van der Waals surface area contributed by atoms with Crippen LogP contribution in [0.15, 0.2) is 28.5 Å². The summed E-state index contributed by atoms with van der Waals surface area (Å²) in [6, 6.07) is 0.754. The van der Waals surface area contributed by atoms with Gasteiger partial charge in [-0.3, -0.25) is 4.79 Å². The summed E-state index contributed by atoms with van der Waals surface area (Å²) in [4.78, 5) is 25.8. The topological polar surface area (TPSA) is 107 Å². The molecule has 3 N–H and O–H groups in total. The maximum Gasteiger partial charge on any atom is 0.341 e. The van der Waals surface area contributed by atoms with E-state index in [1.807, 2.05) is 0 Å². The highest BCUT2D eigenvalue weighted by atomic mass is 19.1. The van der Waals surface area contributed by atoms with Gasteiger partial charge in [-0.15, -0.1) is 0 Å². The normalized spacial score (nSPS) is 20.7. The molecule has 1 fully saturated rings. The molecule has 3 heterocycles. The molecule has 4 rings (SSSR count). The molecule has 160 valence electrons. The second kappa shape index (κ2) is 7.69. The first kappa shape index (κ1) is 20.3. The van der Waals surface area contributed by atoms with Crippen LogP contribution in [-0.4, -0.2) is 55.1 Å². The summed E-state index contributed by atoms with van der Waals surface area (Å²) in [6.07, 6.45) is 1.26. The molecule has 8 nitrogen and oxygen atoms in total. The number of halogens is 2. The summed E-state index contributed by atoms with van der Waals surface area (Å²) < 4.78 is 42.3. The highest BCUT2D eigenvalue weighted by Gasteiger charge is 2.31. The van der Waals surface area contributed by atoms with Gasteiger partial charge in [0, 0.05) is 31.4 Å². The number of hydrogen-bond acceptors (Lipinski definition) is 6. The Kier molecular flexibility index (Phi) is 5.20. The van der Waals surface area contributed by atoms with Crippen molar-refractivity contribution in [2.75, 3.05) is 44.4 Å². The first-order chi connectivity index (χ1) is 14.3. The number of carboxylic acid groups (broad SMARTS) is 1. The second-order valence-corrected chi connectivity index (χ2v) is 7.36. The molecule has 0 unspecified atom stereocenters. The molecule has 1 atom stereocenters. The fourth-order valence-electron chi connectivity index (χ4n) is 3.88. The minimum absolute atomic E-state index is 0.0502. The maximum absolute atomic E-state index is 15.3. The van der Waals surface area contributed by atoms with E-state index in [-0.39, 0.29) is 62.3 Å². The first-order valence-electron chi connectivity index (χ1n) is 9.50. The predicted molar refractivity (Wildman–Crippen MR) is 106 cm³/mol. The van der Waals surface area contributed by atoms with E-state index in [0.717, 1.165) is 6.07 Å². The first-order valence-corrected chi connectivity index (χ1v) is 9.50. The van der Waals surface area contributed by atoms with Gasteiger partial charge in [-0.1, -0.05) is 0 Å². The zero-order valence-corrected chi connectivity index (χ0v) is 16.3. The molecule has 2 aromatic rings. The number of aromatic carboxylic acids is 1. The molecule has 10 heteroatoms. The van der Waals surface area contributed by atoms with E-state index >= 15 is 4.39 Å². The molecule has 0 radical (unpaired) electrons. The van der Waals surface area contributed by atoms with E-state index in [1.165, 1.54) is 6.20 Å². The Morgan fingerprint density at radius 1 is 1.43 bits per heavy atom. The van der Waals surface area contributed by atoms with Crippen LogP contribution in [-0.2, 0) is 4.74 Å². The Balaban J connectivity index is 1.97. The van der Waals surface area contributed by atoms with Gasteiger partial charge in [0.2, 0.25) is 5.43 Å². The molecule has 30 heavy (non-hydrogen) atoms. The van der Waals surface area contributed by atoms with E-state index < -0.39 is 28.6 Å². The van der Waals surface area contributed by atoms with Gasteiger partial charge in [-0.2, -0.15) is 0 Å². The average Bonchev–Trinajstić information content (AvgIpc) is 2.97. The standard InChI is InChI=1S/C20H21F2N3O5/c1-10-8-30-19-16-12(18(26)13(20(27)28)7-25(10)16)4-14(21)17(19)24-2-3-29-9-11(6-24)15(22)5-23/h4,7,10H,2-3,5-6,8-9,23H2,1H3,(H,27,28)/b15-11-/t10-/m0/s1. The third kappa shape index (κ3) is 3.21. The SMILES string of the molecule is C[C@H]1COc2c(N3CCOC/C(=C(\F)CN)C3)c(F)cc3c(=O)c(C(=O)O)cn1c23. The summed E-state index contributed by atoms with van der Waals surface area (Å²) in [5.41, 5.74) is 4.89. The van der Waals surface area contributed by atoms with Crippen molar-refractivity contribution in [2.24, 2.45) is 5.73 Å². The number of ether oxygens (including phenoxy) is 2. The van der Waals surface area contributed by atoms with Gasteiger partial charge in [0.1, 0.15) is 23.7 Å². The summed E-state index contributed by atoms with van der Waals surface area (Å²) in [7, 11) is 0. The molecule has 0 amide bonds. The predicted octanol–water partition coefficient (Wildman–Crippen LogP) is 1.81. The number of rotatable bonds is 3. The van der Waals surface area contributed by atoms with E-state index in [9.17, 15) is 19.1 Å². The molecule has 0 bridgehead atoms. The summed E-state index contributed by atoms with van der Waals surface area (Å²) in [5, 5.41) is 9.29. The van der Waals surface area contributed by atoms with Crippen molar-refractivity contribution < 1.29 is 28.2 Å². The van der Waals surface area contributed by atoms with Crippen LogP contribution in [0.3, 0.4) is 0 Å². The lowest BCUT2D eigenvalue weighted by atomic mass is 10.1. The highest BCUT2D eigenvalue weighted by Crippen LogP contribution is 2.42. The number of benzene rings is 1. The smallest absolute Gasteiger partial charge is 0.341 e. The minimum atomic E-state index is -1.38. The number of pyridine rings is 1. The molecule has 1 aromatic heterocycles. The van der Waals surface area contributed by atoms with Crippen LogP contribution in [0.5, 0.6) is 5.75 Å². The second-order valence-electron chi connectivity index (χ2n) is 7.36. The number of nitrogens with zero attached hydrogens (tertiary/aromatic N) is 2. The number of nitrogens with two attached hydrogens (primary N) is 1. The summed E-state index contributed by atoms with van der Waals surface area (Å²) in [6.45, 7) is 2.28. The number of hydrogen-bond donors (Lipinski definition) is 2. The Hall–Kier alpha value is -2.98. The fraction of sp³-hybridized carbons (Fsp3) is 0.400. The van der Waals surface area contributed by atoms with Gasteiger partial charge < -0.3 is 29.8 Å². The lowest BCUT2D eigenvalue weighted by molar-refractivity contribution is 0.0694. The molecule has 1 aromatic carbocycles.